The lowest BCUT2D eigenvalue weighted by Crippen LogP contribution is -2.23. The molecule has 0 aliphatic carbocycles. The van der Waals surface area contributed by atoms with Crippen LogP contribution in [0.4, 0.5) is 0 Å². The summed E-state index contributed by atoms with van der Waals surface area (Å²) in [5, 5.41) is 0. The van der Waals surface area contributed by atoms with Gasteiger partial charge in [-0.2, -0.15) is 0 Å². The molecule has 0 radical (unpaired) electrons. The molecule has 0 saturated heterocycles. The third-order valence-corrected chi connectivity index (χ3v) is 0.938. The van der Waals surface area contributed by atoms with Gasteiger partial charge in [0.1, 0.15) is 0 Å². The molecular formula is C7H12O4. The van der Waals surface area contributed by atoms with Crippen molar-refractivity contribution >= 4 is 12.4 Å². The second-order valence-corrected chi connectivity index (χ2v) is 3.06. The normalized spacial score (nSPS) is 10.5. The van der Waals surface area contributed by atoms with Crippen molar-refractivity contribution in [1.82, 2.24) is 0 Å². The average molecular weight is 160 g/mol. The highest BCUT2D eigenvalue weighted by atomic mass is 16.7. The van der Waals surface area contributed by atoms with E-state index in [0.29, 0.717) is 0 Å². The van der Waals surface area contributed by atoms with Gasteiger partial charge in [-0.25, -0.2) is 0 Å². The topological polar surface area (TPSA) is 52.6 Å². The van der Waals surface area contributed by atoms with Crippen molar-refractivity contribution in [1.29, 1.82) is 0 Å². The Bertz CT molecular complexity index is 145. The maximum absolute atomic E-state index is 10.9. The molecule has 0 unspecified atom stereocenters. The van der Waals surface area contributed by atoms with Crippen LogP contribution in [0, 0.1) is 5.41 Å². The monoisotopic (exact) mass is 160 g/mol. The van der Waals surface area contributed by atoms with E-state index < -0.39 is 5.41 Å². The zero-order valence-electron chi connectivity index (χ0n) is 6.92. The first-order valence-electron chi connectivity index (χ1n) is 3.21. The van der Waals surface area contributed by atoms with Crippen molar-refractivity contribution in [2.45, 2.75) is 20.8 Å². The van der Waals surface area contributed by atoms with E-state index in [9.17, 15) is 9.59 Å². The number of rotatable bonds is 3. The Morgan fingerprint density at radius 3 is 2.36 bits per heavy atom. The molecule has 0 aliphatic rings. The maximum Gasteiger partial charge on any atom is 0.314 e. The number of carbonyl (C=O) groups excluding carboxylic acids is 2. The Hall–Kier alpha value is -1.06. The van der Waals surface area contributed by atoms with Crippen molar-refractivity contribution in [3.05, 3.63) is 0 Å². The fourth-order valence-corrected chi connectivity index (χ4v) is 0.332. The van der Waals surface area contributed by atoms with Gasteiger partial charge < -0.3 is 9.47 Å². The van der Waals surface area contributed by atoms with Crippen LogP contribution in [0.15, 0.2) is 0 Å². The summed E-state index contributed by atoms with van der Waals surface area (Å²) in [4.78, 5) is 20.5. The largest absolute Gasteiger partial charge is 0.430 e. The first-order valence-corrected chi connectivity index (χ1v) is 3.21. The first-order chi connectivity index (χ1) is 4.98. The fraction of sp³-hybridized carbons (Fsp3) is 0.714. The molecule has 4 nitrogen and oxygen atoms in total. The summed E-state index contributed by atoms with van der Waals surface area (Å²) in [5.41, 5.74) is -0.549. The zero-order chi connectivity index (χ0) is 8.91. The standard InChI is InChI=1S/C7H12O4/c1-7(2,3)6(9)11-5-10-4-8/h4H,5H2,1-3H3. The molecule has 0 bridgehead atoms. The third-order valence-electron chi connectivity index (χ3n) is 0.938. The summed E-state index contributed by atoms with van der Waals surface area (Å²) in [5.74, 6) is -0.389. The number of carbonyl (C=O) groups is 2. The quantitative estimate of drug-likeness (QED) is 0.264. The van der Waals surface area contributed by atoms with Gasteiger partial charge in [-0.1, -0.05) is 0 Å². The minimum atomic E-state index is -0.549. The Morgan fingerprint density at radius 1 is 1.45 bits per heavy atom. The number of ether oxygens (including phenoxy) is 2. The van der Waals surface area contributed by atoms with E-state index in [-0.39, 0.29) is 19.2 Å². The van der Waals surface area contributed by atoms with E-state index in [1.54, 1.807) is 20.8 Å². The highest BCUT2D eigenvalue weighted by Crippen LogP contribution is 2.14. The third kappa shape index (κ3) is 4.36. The summed E-state index contributed by atoms with van der Waals surface area (Å²) in [6.45, 7) is 5.08. The maximum atomic E-state index is 10.9. The van der Waals surface area contributed by atoms with Crippen LogP contribution >= 0.6 is 0 Å². The van der Waals surface area contributed by atoms with E-state index in [4.69, 9.17) is 0 Å². The van der Waals surface area contributed by atoms with Gasteiger partial charge >= 0.3 is 5.97 Å². The van der Waals surface area contributed by atoms with Gasteiger partial charge in [-0.3, -0.25) is 9.59 Å². The van der Waals surface area contributed by atoms with Gasteiger partial charge in [0.15, 0.2) is 0 Å². The molecule has 0 atom stereocenters. The van der Waals surface area contributed by atoms with E-state index in [1.807, 2.05) is 0 Å². The van der Waals surface area contributed by atoms with Gasteiger partial charge in [-0.15, -0.1) is 0 Å². The summed E-state index contributed by atoms with van der Waals surface area (Å²) in [7, 11) is 0. The molecular weight excluding hydrogens is 148 g/mol. The van der Waals surface area contributed by atoms with Gasteiger partial charge in [0.05, 0.1) is 5.41 Å². The minimum Gasteiger partial charge on any atom is -0.430 e. The fourth-order valence-electron chi connectivity index (χ4n) is 0.332. The highest BCUT2D eigenvalue weighted by molar-refractivity contribution is 5.75. The molecule has 0 N–H and O–H groups in total. The lowest BCUT2D eigenvalue weighted by atomic mass is 9.98. The number of esters is 1. The van der Waals surface area contributed by atoms with Gasteiger partial charge in [0.2, 0.25) is 6.79 Å². The Labute approximate surface area is 65.5 Å². The van der Waals surface area contributed by atoms with Crippen LogP contribution in [0.3, 0.4) is 0 Å². The van der Waals surface area contributed by atoms with Gasteiger partial charge in [0, 0.05) is 0 Å². The predicted molar refractivity (Wildman–Crippen MR) is 37.6 cm³/mol. The SMILES string of the molecule is CC(C)(C)C(=O)OCOC=O. The molecule has 0 spiro atoms. The smallest absolute Gasteiger partial charge is 0.314 e. The summed E-state index contributed by atoms with van der Waals surface area (Å²) in [6.07, 6.45) is 0. The molecule has 0 aromatic rings. The van der Waals surface area contributed by atoms with E-state index >= 15 is 0 Å². The Morgan fingerprint density at radius 2 is 2.00 bits per heavy atom. The van der Waals surface area contributed by atoms with Crippen LogP contribution in [0.2, 0.25) is 0 Å². The summed E-state index contributed by atoms with van der Waals surface area (Å²) >= 11 is 0. The molecule has 0 fully saturated rings. The van der Waals surface area contributed by atoms with Crippen LogP contribution in [-0.4, -0.2) is 19.2 Å². The molecule has 0 rings (SSSR count). The number of hydrogen-bond donors (Lipinski definition) is 0. The average Bonchev–Trinajstić information content (AvgIpc) is 1.86. The van der Waals surface area contributed by atoms with Gasteiger partial charge in [0.25, 0.3) is 6.47 Å². The molecule has 0 aromatic heterocycles. The molecule has 4 heteroatoms. The van der Waals surface area contributed by atoms with Crippen molar-refractivity contribution < 1.29 is 19.1 Å². The molecule has 0 amide bonds. The Balaban J connectivity index is 3.62. The minimum absolute atomic E-state index is 0.232. The second-order valence-electron chi connectivity index (χ2n) is 3.06. The molecule has 0 aliphatic heterocycles. The predicted octanol–water partition coefficient (Wildman–Crippen LogP) is 0.706. The van der Waals surface area contributed by atoms with Gasteiger partial charge in [-0.05, 0) is 20.8 Å². The molecule has 11 heavy (non-hydrogen) atoms. The molecule has 0 aromatic carbocycles. The zero-order valence-corrected chi connectivity index (χ0v) is 6.92. The van der Waals surface area contributed by atoms with Crippen molar-refractivity contribution in [2.75, 3.05) is 6.79 Å². The van der Waals surface area contributed by atoms with Crippen molar-refractivity contribution in [3.63, 3.8) is 0 Å². The lowest BCUT2D eigenvalue weighted by molar-refractivity contribution is -0.167. The lowest BCUT2D eigenvalue weighted by Gasteiger charge is -2.15. The Kier molecular flexibility index (Phi) is 3.57. The summed E-state index contributed by atoms with van der Waals surface area (Å²) in [6, 6.07) is 0. The summed E-state index contributed by atoms with van der Waals surface area (Å²) < 4.78 is 8.73. The second kappa shape index (κ2) is 3.95. The van der Waals surface area contributed by atoms with Crippen LogP contribution in [0.5, 0.6) is 0 Å². The van der Waals surface area contributed by atoms with E-state index in [0.717, 1.165) is 0 Å². The number of hydrogen-bond acceptors (Lipinski definition) is 4. The van der Waals surface area contributed by atoms with Crippen molar-refractivity contribution in [3.8, 4) is 0 Å². The highest BCUT2D eigenvalue weighted by Gasteiger charge is 2.22. The first kappa shape index (κ1) is 9.94. The van der Waals surface area contributed by atoms with Crippen LogP contribution in [0.25, 0.3) is 0 Å². The van der Waals surface area contributed by atoms with Crippen LogP contribution in [0.1, 0.15) is 20.8 Å². The van der Waals surface area contributed by atoms with E-state index in [2.05, 4.69) is 9.47 Å². The molecule has 64 valence electrons. The van der Waals surface area contributed by atoms with Crippen LogP contribution in [-0.2, 0) is 19.1 Å². The van der Waals surface area contributed by atoms with Crippen molar-refractivity contribution in [2.24, 2.45) is 5.41 Å². The van der Waals surface area contributed by atoms with Crippen LogP contribution < -0.4 is 0 Å². The molecule has 0 heterocycles. The van der Waals surface area contributed by atoms with E-state index in [1.165, 1.54) is 0 Å². The molecule has 0 saturated carbocycles.